The fraction of sp³-hybridized carbons (Fsp3) is 1.00. The van der Waals surface area contributed by atoms with Crippen LogP contribution in [0.2, 0.25) is 0 Å². The van der Waals surface area contributed by atoms with Crippen molar-refractivity contribution < 1.29 is 0 Å². The van der Waals surface area contributed by atoms with Crippen molar-refractivity contribution in [2.24, 2.45) is 17.1 Å². The molecule has 1 unspecified atom stereocenters. The Bertz CT molecular complexity index is 199. The molecule has 1 aliphatic heterocycles. The first kappa shape index (κ1) is 12.4. The number of hydrogen-bond acceptors (Lipinski definition) is 2. The molecule has 2 aliphatic rings. The molecule has 0 radical (unpaired) electrons. The van der Waals surface area contributed by atoms with Crippen molar-refractivity contribution in [3.8, 4) is 0 Å². The Balaban J connectivity index is 1.77. The standard InChI is InChI=1S/C14H28N2/c1-13(11-15)12-16-9-7-14(8-10-16)5-3-2-4-6-14/h13H,2-12,15H2,1H3. The van der Waals surface area contributed by atoms with Gasteiger partial charge >= 0.3 is 0 Å². The van der Waals surface area contributed by atoms with E-state index in [1.54, 1.807) is 0 Å². The van der Waals surface area contributed by atoms with Gasteiger partial charge in [0.25, 0.3) is 0 Å². The summed E-state index contributed by atoms with van der Waals surface area (Å²) < 4.78 is 0. The van der Waals surface area contributed by atoms with Crippen LogP contribution in [0.15, 0.2) is 0 Å². The van der Waals surface area contributed by atoms with Gasteiger partial charge in [-0.3, -0.25) is 0 Å². The summed E-state index contributed by atoms with van der Waals surface area (Å²) in [5.74, 6) is 0.667. The van der Waals surface area contributed by atoms with Crippen LogP contribution < -0.4 is 5.73 Å². The lowest BCUT2D eigenvalue weighted by molar-refractivity contribution is 0.0616. The van der Waals surface area contributed by atoms with E-state index >= 15 is 0 Å². The molecule has 2 N–H and O–H groups in total. The van der Waals surface area contributed by atoms with Gasteiger partial charge in [0.1, 0.15) is 0 Å². The molecule has 1 saturated heterocycles. The SMILES string of the molecule is CC(CN)CN1CCC2(CCCCC2)CC1. The molecule has 2 nitrogen and oxygen atoms in total. The van der Waals surface area contributed by atoms with Crippen molar-refractivity contribution in [1.29, 1.82) is 0 Å². The van der Waals surface area contributed by atoms with E-state index in [0.717, 1.165) is 12.0 Å². The molecule has 16 heavy (non-hydrogen) atoms. The van der Waals surface area contributed by atoms with Gasteiger partial charge in [0.2, 0.25) is 0 Å². The minimum Gasteiger partial charge on any atom is -0.330 e. The minimum atomic E-state index is 0.667. The van der Waals surface area contributed by atoms with Gasteiger partial charge in [-0.2, -0.15) is 0 Å². The number of rotatable bonds is 3. The normalized spacial score (nSPS) is 28.1. The fourth-order valence-corrected chi connectivity index (χ4v) is 3.53. The number of piperidine rings is 1. The van der Waals surface area contributed by atoms with Crippen LogP contribution in [0.5, 0.6) is 0 Å². The van der Waals surface area contributed by atoms with E-state index in [-0.39, 0.29) is 0 Å². The van der Waals surface area contributed by atoms with Crippen LogP contribution in [-0.4, -0.2) is 31.1 Å². The van der Waals surface area contributed by atoms with Gasteiger partial charge in [-0.1, -0.05) is 26.2 Å². The van der Waals surface area contributed by atoms with Crippen molar-refractivity contribution in [2.75, 3.05) is 26.2 Å². The highest BCUT2D eigenvalue weighted by Crippen LogP contribution is 2.44. The van der Waals surface area contributed by atoms with Crippen molar-refractivity contribution in [2.45, 2.75) is 51.9 Å². The van der Waals surface area contributed by atoms with E-state index in [0.29, 0.717) is 5.92 Å². The van der Waals surface area contributed by atoms with E-state index < -0.39 is 0 Å². The molecule has 94 valence electrons. The monoisotopic (exact) mass is 224 g/mol. The first-order valence-electron chi connectivity index (χ1n) is 7.16. The summed E-state index contributed by atoms with van der Waals surface area (Å²) in [4.78, 5) is 2.64. The summed E-state index contributed by atoms with van der Waals surface area (Å²) >= 11 is 0. The average molecular weight is 224 g/mol. The molecule has 2 heteroatoms. The Morgan fingerprint density at radius 1 is 1.06 bits per heavy atom. The van der Waals surface area contributed by atoms with Gasteiger partial charge in [0.05, 0.1) is 0 Å². The molecule has 2 rings (SSSR count). The van der Waals surface area contributed by atoms with Gasteiger partial charge in [-0.25, -0.2) is 0 Å². The molecule has 1 atom stereocenters. The summed E-state index contributed by atoms with van der Waals surface area (Å²) in [5, 5.41) is 0. The van der Waals surface area contributed by atoms with Crippen LogP contribution in [0.1, 0.15) is 51.9 Å². The summed E-state index contributed by atoms with van der Waals surface area (Å²) in [6.45, 7) is 6.97. The second-order valence-electron chi connectivity index (χ2n) is 6.20. The zero-order valence-corrected chi connectivity index (χ0v) is 10.9. The zero-order chi connectivity index (χ0) is 11.4. The lowest BCUT2D eigenvalue weighted by atomic mass is 9.68. The van der Waals surface area contributed by atoms with Crippen LogP contribution >= 0.6 is 0 Å². The summed E-state index contributed by atoms with van der Waals surface area (Å²) in [7, 11) is 0. The molecule has 0 aromatic carbocycles. The minimum absolute atomic E-state index is 0.667. The number of nitrogens with zero attached hydrogens (tertiary/aromatic N) is 1. The van der Waals surface area contributed by atoms with Crippen molar-refractivity contribution in [1.82, 2.24) is 4.90 Å². The maximum Gasteiger partial charge on any atom is 0.00191 e. The van der Waals surface area contributed by atoms with E-state index in [4.69, 9.17) is 5.73 Å². The van der Waals surface area contributed by atoms with Gasteiger partial charge < -0.3 is 10.6 Å². The third-order valence-electron chi connectivity index (χ3n) is 4.80. The van der Waals surface area contributed by atoms with Gasteiger partial charge in [-0.05, 0) is 56.7 Å². The third kappa shape index (κ3) is 2.98. The molecule has 1 spiro atoms. The molecule has 1 aliphatic carbocycles. The van der Waals surface area contributed by atoms with Gasteiger partial charge in [0, 0.05) is 6.54 Å². The smallest absolute Gasteiger partial charge is 0.00191 e. The summed E-state index contributed by atoms with van der Waals surface area (Å²) in [6, 6.07) is 0. The van der Waals surface area contributed by atoms with E-state index in [9.17, 15) is 0 Å². The van der Waals surface area contributed by atoms with Crippen LogP contribution in [-0.2, 0) is 0 Å². The number of likely N-dealkylation sites (tertiary alicyclic amines) is 1. The predicted octanol–water partition coefficient (Wildman–Crippen LogP) is 2.63. The molecule has 0 bridgehead atoms. The Morgan fingerprint density at radius 2 is 1.69 bits per heavy atom. The first-order valence-corrected chi connectivity index (χ1v) is 7.16. The van der Waals surface area contributed by atoms with E-state index in [1.807, 2.05) is 0 Å². The summed E-state index contributed by atoms with van der Waals surface area (Å²) in [5.41, 5.74) is 6.45. The van der Waals surface area contributed by atoms with Gasteiger partial charge in [-0.15, -0.1) is 0 Å². The largest absolute Gasteiger partial charge is 0.330 e. The molecule has 1 heterocycles. The van der Waals surface area contributed by atoms with Crippen molar-refractivity contribution >= 4 is 0 Å². The second-order valence-corrected chi connectivity index (χ2v) is 6.20. The number of hydrogen-bond donors (Lipinski definition) is 1. The van der Waals surface area contributed by atoms with E-state index in [2.05, 4.69) is 11.8 Å². The second kappa shape index (κ2) is 5.50. The molecule has 2 fully saturated rings. The third-order valence-corrected chi connectivity index (χ3v) is 4.80. The van der Waals surface area contributed by atoms with Crippen LogP contribution in [0, 0.1) is 11.3 Å². The van der Waals surface area contributed by atoms with Crippen LogP contribution in [0.25, 0.3) is 0 Å². The highest BCUT2D eigenvalue weighted by atomic mass is 15.1. The molecule has 0 amide bonds. The fourth-order valence-electron chi connectivity index (χ4n) is 3.53. The van der Waals surface area contributed by atoms with Crippen molar-refractivity contribution in [3.05, 3.63) is 0 Å². The Hall–Kier alpha value is -0.0800. The highest BCUT2D eigenvalue weighted by Gasteiger charge is 2.35. The van der Waals surface area contributed by atoms with Gasteiger partial charge in [0.15, 0.2) is 0 Å². The topological polar surface area (TPSA) is 29.3 Å². The highest BCUT2D eigenvalue weighted by molar-refractivity contribution is 4.88. The van der Waals surface area contributed by atoms with Crippen molar-refractivity contribution in [3.63, 3.8) is 0 Å². The molecular formula is C14H28N2. The lowest BCUT2D eigenvalue weighted by Crippen LogP contribution is -2.43. The predicted molar refractivity (Wildman–Crippen MR) is 69.4 cm³/mol. The summed E-state index contributed by atoms with van der Waals surface area (Å²) in [6.07, 6.45) is 10.4. The quantitative estimate of drug-likeness (QED) is 0.798. The van der Waals surface area contributed by atoms with Crippen LogP contribution in [0.4, 0.5) is 0 Å². The number of nitrogens with two attached hydrogens (primary N) is 1. The van der Waals surface area contributed by atoms with Crippen LogP contribution in [0.3, 0.4) is 0 Å². The molecule has 0 aromatic heterocycles. The molecular weight excluding hydrogens is 196 g/mol. The average Bonchev–Trinajstić information content (AvgIpc) is 2.33. The maximum atomic E-state index is 5.70. The molecule has 0 aromatic rings. The van der Waals surface area contributed by atoms with E-state index in [1.165, 1.54) is 64.6 Å². The lowest BCUT2D eigenvalue weighted by Gasteiger charge is -2.44. The Morgan fingerprint density at radius 3 is 2.25 bits per heavy atom. The first-order chi connectivity index (χ1) is 7.74. The Labute approximate surface area is 101 Å². The molecule has 1 saturated carbocycles. The maximum absolute atomic E-state index is 5.70. The zero-order valence-electron chi connectivity index (χ0n) is 10.9. The Kier molecular flexibility index (Phi) is 4.26.